The minimum absolute atomic E-state index is 0.0194. The molecule has 1 amide bonds. The molecule has 2 aromatic rings. The number of hydrogen-bond donors (Lipinski definition) is 2. The maximum absolute atomic E-state index is 12.0. The first kappa shape index (κ1) is 17.9. The van der Waals surface area contributed by atoms with E-state index in [-0.39, 0.29) is 5.91 Å². The molecular weight excluding hydrogens is 334 g/mol. The zero-order valence-electron chi connectivity index (χ0n) is 14.2. The van der Waals surface area contributed by atoms with Crippen LogP contribution in [0.2, 0.25) is 5.02 Å². The standard InChI is InChI=1S/C20H24ClN3O/c21-17-6-8-19(9-7-17)23-20(25)14-22-18-10-12-24(13-11-18)15-16-4-2-1-3-5-16/h1-9,18,22H,10-15H2,(H,23,25). The number of carbonyl (C=O) groups excluding carboxylic acids is 1. The van der Waals surface area contributed by atoms with Gasteiger partial charge in [0.25, 0.3) is 0 Å². The highest BCUT2D eigenvalue weighted by Crippen LogP contribution is 2.15. The molecule has 0 radical (unpaired) electrons. The summed E-state index contributed by atoms with van der Waals surface area (Å²) in [5.41, 5.74) is 2.13. The van der Waals surface area contributed by atoms with Gasteiger partial charge in [0, 0.05) is 23.3 Å². The van der Waals surface area contributed by atoms with E-state index in [2.05, 4.69) is 45.9 Å². The lowest BCUT2D eigenvalue weighted by Crippen LogP contribution is -2.44. The Bertz CT molecular complexity index is 667. The van der Waals surface area contributed by atoms with Gasteiger partial charge in [0.2, 0.25) is 5.91 Å². The number of amides is 1. The van der Waals surface area contributed by atoms with E-state index in [0.29, 0.717) is 17.6 Å². The smallest absolute Gasteiger partial charge is 0.238 e. The average Bonchev–Trinajstić information content (AvgIpc) is 2.64. The number of halogens is 1. The molecule has 1 saturated heterocycles. The van der Waals surface area contributed by atoms with E-state index < -0.39 is 0 Å². The third kappa shape index (κ3) is 5.85. The third-order valence-corrected chi connectivity index (χ3v) is 4.77. The molecule has 3 rings (SSSR count). The summed E-state index contributed by atoms with van der Waals surface area (Å²) >= 11 is 5.84. The van der Waals surface area contributed by atoms with Crippen LogP contribution >= 0.6 is 11.6 Å². The van der Waals surface area contributed by atoms with Gasteiger partial charge in [-0.3, -0.25) is 9.69 Å². The maximum atomic E-state index is 12.0. The van der Waals surface area contributed by atoms with E-state index in [0.717, 1.165) is 38.2 Å². The number of hydrogen-bond acceptors (Lipinski definition) is 3. The number of piperidine rings is 1. The minimum Gasteiger partial charge on any atom is -0.325 e. The van der Waals surface area contributed by atoms with Gasteiger partial charge in [-0.05, 0) is 55.8 Å². The van der Waals surface area contributed by atoms with E-state index in [1.165, 1.54) is 5.56 Å². The number of benzene rings is 2. The molecule has 0 atom stereocenters. The van der Waals surface area contributed by atoms with Gasteiger partial charge in [-0.2, -0.15) is 0 Å². The Balaban J connectivity index is 1.36. The maximum Gasteiger partial charge on any atom is 0.238 e. The number of anilines is 1. The summed E-state index contributed by atoms with van der Waals surface area (Å²) in [7, 11) is 0. The first-order valence-electron chi connectivity index (χ1n) is 8.74. The van der Waals surface area contributed by atoms with Crippen molar-refractivity contribution in [2.45, 2.75) is 25.4 Å². The summed E-state index contributed by atoms with van der Waals surface area (Å²) in [4.78, 5) is 14.5. The summed E-state index contributed by atoms with van der Waals surface area (Å²) in [6.07, 6.45) is 2.14. The molecule has 2 aromatic carbocycles. The molecule has 0 bridgehead atoms. The fraction of sp³-hybridized carbons (Fsp3) is 0.350. The van der Waals surface area contributed by atoms with Gasteiger partial charge in [-0.1, -0.05) is 41.9 Å². The Morgan fingerprint density at radius 2 is 1.72 bits per heavy atom. The van der Waals surface area contributed by atoms with E-state index >= 15 is 0 Å². The lowest BCUT2D eigenvalue weighted by Gasteiger charge is -2.32. The molecule has 132 valence electrons. The average molecular weight is 358 g/mol. The topological polar surface area (TPSA) is 44.4 Å². The molecule has 4 nitrogen and oxygen atoms in total. The second-order valence-electron chi connectivity index (χ2n) is 6.47. The molecule has 5 heteroatoms. The first-order valence-corrected chi connectivity index (χ1v) is 9.12. The molecule has 0 saturated carbocycles. The first-order chi connectivity index (χ1) is 12.2. The highest BCUT2D eigenvalue weighted by Gasteiger charge is 2.19. The van der Waals surface area contributed by atoms with E-state index in [1.54, 1.807) is 12.1 Å². The van der Waals surface area contributed by atoms with Crippen LogP contribution in [0.4, 0.5) is 5.69 Å². The van der Waals surface area contributed by atoms with Crippen molar-refractivity contribution >= 4 is 23.2 Å². The van der Waals surface area contributed by atoms with Crippen LogP contribution in [0.25, 0.3) is 0 Å². The van der Waals surface area contributed by atoms with Crippen molar-refractivity contribution < 1.29 is 4.79 Å². The Labute approximate surface area is 154 Å². The molecule has 25 heavy (non-hydrogen) atoms. The molecule has 0 spiro atoms. The second kappa shape index (κ2) is 8.99. The van der Waals surface area contributed by atoms with Crippen molar-refractivity contribution in [1.82, 2.24) is 10.2 Å². The number of nitrogens with zero attached hydrogens (tertiary/aromatic N) is 1. The third-order valence-electron chi connectivity index (χ3n) is 4.52. The SMILES string of the molecule is O=C(CNC1CCN(Cc2ccccc2)CC1)Nc1ccc(Cl)cc1. The highest BCUT2D eigenvalue weighted by atomic mass is 35.5. The van der Waals surface area contributed by atoms with Crippen molar-refractivity contribution in [3.05, 3.63) is 65.2 Å². The van der Waals surface area contributed by atoms with Crippen LogP contribution < -0.4 is 10.6 Å². The molecule has 1 aliphatic rings. The van der Waals surface area contributed by atoms with Crippen LogP contribution in [0, 0.1) is 0 Å². The van der Waals surface area contributed by atoms with Crippen molar-refractivity contribution in [2.75, 3.05) is 25.0 Å². The normalized spacial score (nSPS) is 15.9. The van der Waals surface area contributed by atoms with Gasteiger partial charge < -0.3 is 10.6 Å². The Morgan fingerprint density at radius 1 is 1.04 bits per heavy atom. The quantitative estimate of drug-likeness (QED) is 0.831. The Hall–Kier alpha value is -1.88. The minimum atomic E-state index is -0.0194. The Morgan fingerprint density at radius 3 is 2.40 bits per heavy atom. The largest absolute Gasteiger partial charge is 0.325 e. The highest BCUT2D eigenvalue weighted by molar-refractivity contribution is 6.30. The van der Waals surface area contributed by atoms with Crippen LogP contribution in [-0.2, 0) is 11.3 Å². The van der Waals surface area contributed by atoms with Crippen molar-refractivity contribution in [1.29, 1.82) is 0 Å². The van der Waals surface area contributed by atoms with Crippen LogP contribution in [0.1, 0.15) is 18.4 Å². The molecule has 1 heterocycles. The fourth-order valence-electron chi connectivity index (χ4n) is 3.11. The lowest BCUT2D eigenvalue weighted by molar-refractivity contribution is -0.115. The number of carbonyl (C=O) groups is 1. The van der Waals surface area contributed by atoms with Crippen LogP contribution in [0.15, 0.2) is 54.6 Å². The summed E-state index contributed by atoms with van der Waals surface area (Å²) in [5, 5.41) is 6.92. The van der Waals surface area contributed by atoms with Crippen LogP contribution in [0.5, 0.6) is 0 Å². The second-order valence-corrected chi connectivity index (χ2v) is 6.91. The molecule has 1 aliphatic heterocycles. The summed E-state index contributed by atoms with van der Waals surface area (Å²) in [6, 6.07) is 18.1. The van der Waals surface area contributed by atoms with Gasteiger partial charge in [0.15, 0.2) is 0 Å². The van der Waals surface area contributed by atoms with Crippen molar-refractivity contribution in [3.63, 3.8) is 0 Å². The summed E-state index contributed by atoms with van der Waals surface area (Å²) in [6.45, 7) is 3.47. The fourth-order valence-corrected chi connectivity index (χ4v) is 3.24. The summed E-state index contributed by atoms with van der Waals surface area (Å²) < 4.78 is 0. The number of nitrogens with one attached hydrogen (secondary N) is 2. The zero-order valence-corrected chi connectivity index (χ0v) is 15.0. The predicted octanol–water partition coefficient (Wildman–Crippen LogP) is 3.53. The number of rotatable bonds is 6. The van der Waals surface area contributed by atoms with Gasteiger partial charge in [0.05, 0.1) is 6.54 Å². The Kier molecular flexibility index (Phi) is 6.45. The van der Waals surface area contributed by atoms with E-state index in [9.17, 15) is 4.79 Å². The van der Waals surface area contributed by atoms with E-state index in [4.69, 9.17) is 11.6 Å². The monoisotopic (exact) mass is 357 g/mol. The molecule has 0 aliphatic carbocycles. The summed E-state index contributed by atoms with van der Waals surface area (Å²) in [5.74, 6) is -0.0194. The molecule has 2 N–H and O–H groups in total. The molecular formula is C20H24ClN3O. The molecule has 1 fully saturated rings. The molecule has 0 unspecified atom stereocenters. The lowest BCUT2D eigenvalue weighted by atomic mass is 10.0. The van der Waals surface area contributed by atoms with Gasteiger partial charge in [0.1, 0.15) is 0 Å². The van der Waals surface area contributed by atoms with Crippen LogP contribution in [0.3, 0.4) is 0 Å². The van der Waals surface area contributed by atoms with E-state index in [1.807, 2.05) is 12.1 Å². The van der Waals surface area contributed by atoms with Crippen molar-refractivity contribution in [2.24, 2.45) is 0 Å². The van der Waals surface area contributed by atoms with Gasteiger partial charge in [-0.15, -0.1) is 0 Å². The van der Waals surface area contributed by atoms with Crippen LogP contribution in [-0.4, -0.2) is 36.5 Å². The van der Waals surface area contributed by atoms with Gasteiger partial charge >= 0.3 is 0 Å². The van der Waals surface area contributed by atoms with Crippen molar-refractivity contribution in [3.8, 4) is 0 Å². The molecule has 0 aromatic heterocycles. The van der Waals surface area contributed by atoms with Gasteiger partial charge in [-0.25, -0.2) is 0 Å². The predicted molar refractivity (Wildman–Crippen MR) is 103 cm³/mol. The number of likely N-dealkylation sites (tertiary alicyclic amines) is 1. The zero-order chi connectivity index (χ0) is 17.5.